The molecule has 1 atom stereocenters. The Kier molecular flexibility index (Phi) is 3.91. The Hall–Kier alpha value is -1.53. The molecule has 2 heterocycles. The number of piperazine rings is 1. The number of nitrogens with zero attached hydrogens (tertiary/aromatic N) is 2. The topological polar surface area (TPSA) is 49.6 Å². The van der Waals surface area contributed by atoms with E-state index in [-0.39, 0.29) is 16.7 Å². The van der Waals surface area contributed by atoms with Crippen molar-refractivity contribution < 1.29 is 9.18 Å². The fourth-order valence-corrected chi connectivity index (χ4v) is 3.27. The van der Waals surface area contributed by atoms with E-state index in [4.69, 9.17) is 18.0 Å². The van der Waals surface area contributed by atoms with Gasteiger partial charge in [-0.05, 0) is 12.5 Å². The molecule has 0 spiro atoms. The summed E-state index contributed by atoms with van der Waals surface area (Å²) < 4.78 is 14.1. The van der Waals surface area contributed by atoms with Gasteiger partial charge < -0.3 is 10.6 Å². The molecule has 1 amide bonds. The summed E-state index contributed by atoms with van der Waals surface area (Å²) in [5.74, 6) is -0.0168. The number of carbonyl (C=O) groups excluding carboxylic acids is 1. The van der Waals surface area contributed by atoms with Gasteiger partial charge in [0.05, 0.1) is 0 Å². The summed E-state index contributed by atoms with van der Waals surface area (Å²) >= 11 is 4.85. The van der Waals surface area contributed by atoms with Crippen LogP contribution in [-0.4, -0.2) is 46.4 Å². The van der Waals surface area contributed by atoms with Crippen LogP contribution in [0.25, 0.3) is 0 Å². The first-order chi connectivity index (χ1) is 10.0. The number of benzene rings is 1. The quantitative estimate of drug-likeness (QED) is 0.854. The molecule has 0 aliphatic carbocycles. The zero-order valence-electron chi connectivity index (χ0n) is 11.7. The molecule has 0 radical (unpaired) electrons. The number of fused-ring (bicyclic) bond motifs is 1. The van der Waals surface area contributed by atoms with E-state index in [1.807, 2.05) is 4.90 Å². The Labute approximate surface area is 128 Å². The summed E-state index contributed by atoms with van der Waals surface area (Å²) in [5, 5.41) is 0. The van der Waals surface area contributed by atoms with Crippen LogP contribution >= 0.6 is 12.2 Å². The Balaban J connectivity index is 1.67. The van der Waals surface area contributed by atoms with Crippen LogP contribution in [0.4, 0.5) is 4.39 Å². The largest absolute Gasteiger partial charge is 0.389 e. The minimum Gasteiger partial charge on any atom is -0.389 e. The number of hydrogen-bond donors (Lipinski definition) is 1. The average molecular weight is 307 g/mol. The van der Waals surface area contributed by atoms with Crippen LogP contribution in [0.3, 0.4) is 0 Å². The lowest BCUT2D eigenvalue weighted by Crippen LogP contribution is -2.51. The summed E-state index contributed by atoms with van der Waals surface area (Å²) in [4.78, 5) is 16.0. The minimum absolute atomic E-state index is 0.207. The highest BCUT2D eigenvalue weighted by Crippen LogP contribution is 2.24. The van der Waals surface area contributed by atoms with Crippen LogP contribution in [0.5, 0.6) is 0 Å². The number of hydrogen-bond acceptors (Lipinski definition) is 3. The van der Waals surface area contributed by atoms with Gasteiger partial charge in [-0.3, -0.25) is 9.69 Å². The molecule has 1 aromatic rings. The summed E-state index contributed by atoms with van der Waals surface area (Å²) in [7, 11) is 0. The second kappa shape index (κ2) is 5.69. The average Bonchev–Trinajstić information content (AvgIpc) is 2.82. The molecule has 6 heteroatoms. The normalized spacial score (nSPS) is 22.4. The van der Waals surface area contributed by atoms with Crippen LogP contribution in [-0.2, 0) is 11.3 Å². The minimum atomic E-state index is -0.273. The molecule has 2 fully saturated rings. The predicted octanol–water partition coefficient (Wildman–Crippen LogP) is 1.27. The fourth-order valence-electron chi connectivity index (χ4n) is 3.14. The van der Waals surface area contributed by atoms with Crippen molar-refractivity contribution >= 4 is 23.1 Å². The number of thiocarbonyl (C=S) groups is 1. The standard InChI is InChI=1S/C15H18FN3OS/c16-13-7-10(15(17)21)1-2-11(13)8-18-5-6-19-12(9-18)3-4-14(19)20/h1-2,7,12H,3-6,8-9H2,(H2,17,21). The highest BCUT2D eigenvalue weighted by molar-refractivity contribution is 7.80. The lowest BCUT2D eigenvalue weighted by atomic mass is 10.1. The van der Waals surface area contributed by atoms with Gasteiger partial charge in [0.2, 0.25) is 5.91 Å². The zero-order valence-corrected chi connectivity index (χ0v) is 12.5. The van der Waals surface area contributed by atoms with Gasteiger partial charge in [0, 0.05) is 49.8 Å². The first-order valence-electron chi connectivity index (χ1n) is 7.14. The maximum atomic E-state index is 14.1. The van der Waals surface area contributed by atoms with Crippen LogP contribution < -0.4 is 5.73 Å². The van der Waals surface area contributed by atoms with Gasteiger partial charge in [0.15, 0.2) is 0 Å². The van der Waals surface area contributed by atoms with Crippen molar-refractivity contribution in [3.8, 4) is 0 Å². The van der Waals surface area contributed by atoms with Gasteiger partial charge in [-0.1, -0.05) is 24.4 Å². The Morgan fingerprint density at radius 2 is 2.24 bits per heavy atom. The molecule has 0 bridgehead atoms. The van der Waals surface area contributed by atoms with Crippen molar-refractivity contribution in [2.75, 3.05) is 19.6 Å². The fraction of sp³-hybridized carbons (Fsp3) is 0.467. The Morgan fingerprint density at radius 3 is 2.95 bits per heavy atom. The van der Waals surface area contributed by atoms with Gasteiger partial charge in [0.1, 0.15) is 10.8 Å². The van der Waals surface area contributed by atoms with Crippen molar-refractivity contribution in [2.45, 2.75) is 25.4 Å². The smallest absolute Gasteiger partial charge is 0.222 e. The predicted molar refractivity (Wildman–Crippen MR) is 82.3 cm³/mol. The SMILES string of the molecule is NC(=S)c1ccc(CN2CCN3C(=O)CCC3C2)c(F)c1. The van der Waals surface area contributed by atoms with E-state index in [1.54, 1.807) is 12.1 Å². The van der Waals surface area contributed by atoms with Gasteiger partial charge in [-0.15, -0.1) is 0 Å². The summed E-state index contributed by atoms with van der Waals surface area (Å²) in [5.41, 5.74) is 6.70. The van der Waals surface area contributed by atoms with Crippen LogP contribution in [0.15, 0.2) is 18.2 Å². The lowest BCUT2D eigenvalue weighted by Gasteiger charge is -2.37. The third-order valence-electron chi connectivity index (χ3n) is 4.31. The molecule has 3 rings (SSSR count). The zero-order chi connectivity index (χ0) is 15.0. The molecule has 1 unspecified atom stereocenters. The van der Waals surface area contributed by atoms with E-state index >= 15 is 0 Å². The molecular formula is C15H18FN3OS. The Morgan fingerprint density at radius 1 is 1.43 bits per heavy atom. The van der Waals surface area contributed by atoms with Crippen LogP contribution in [0.1, 0.15) is 24.0 Å². The Bertz CT molecular complexity index is 592. The van der Waals surface area contributed by atoms with Crippen molar-refractivity contribution in [1.29, 1.82) is 0 Å². The maximum absolute atomic E-state index is 14.1. The van der Waals surface area contributed by atoms with E-state index in [2.05, 4.69) is 4.90 Å². The number of rotatable bonds is 3. The van der Waals surface area contributed by atoms with E-state index in [1.165, 1.54) is 6.07 Å². The third-order valence-corrected chi connectivity index (χ3v) is 4.55. The third kappa shape index (κ3) is 2.91. The summed E-state index contributed by atoms with van der Waals surface area (Å²) in [6, 6.07) is 5.20. The van der Waals surface area contributed by atoms with Gasteiger partial charge in [0.25, 0.3) is 0 Å². The van der Waals surface area contributed by atoms with E-state index < -0.39 is 0 Å². The second-order valence-electron chi connectivity index (χ2n) is 5.69. The number of amides is 1. The molecule has 2 saturated heterocycles. The van der Waals surface area contributed by atoms with Gasteiger partial charge in [-0.25, -0.2) is 4.39 Å². The monoisotopic (exact) mass is 307 g/mol. The number of nitrogens with two attached hydrogens (primary N) is 1. The van der Waals surface area contributed by atoms with E-state index in [0.29, 0.717) is 30.1 Å². The number of halogens is 1. The number of carbonyl (C=O) groups is 1. The molecule has 0 aromatic heterocycles. The van der Waals surface area contributed by atoms with Gasteiger partial charge in [-0.2, -0.15) is 0 Å². The van der Waals surface area contributed by atoms with E-state index in [9.17, 15) is 9.18 Å². The van der Waals surface area contributed by atoms with Crippen molar-refractivity contribution in [3.63, 3.8) is 0 Å². The highest BCUT2D eigenvalue weighted by Gasteiger charge is 2.35. The van der Waals surface area contributed by atoms with E-state index in [0.717, 1.165) is 26.1 Å². The summed E-state index contributed by atoms with van der Waals surface area (Å²) in [6.45, 7) is 2.92. The lowest BCUT2D eigenvalue weighted by molar-refractivity contribution is -0.130. The van der Waals surface area contributed by atoms with Crippen LogP contribution in [0, 0.1) is 5.82 Å². The maximum Gasteiger partial charge on any atom is 0.222 e. The first kappa shape index (κ1) is 14.4. The molecule has 1 aromatic carbocycles. The molecule has 0 saturated carbocycles. The summed E-state index contributed by atoms with van der Waals surface area (Å²) in [6.07, 6.45) is 1.56. The molecule has 112 valence electrons. The molecule has 2 N–H and O–H groups in total. The molecule has 4 nitrogen and oxygen atoms in total. The highest BCUT2D eigenvalue weighted by atomic mass is 32.1. The molecule has 21 heavy (non-hydrogen) atoms. The van der Waals surface area contributed by atoms with Crippen molar-refractivity contribution in [2.24, 2.45) is 5.73 Å². The van der Waals surface area contributed by atoms with Gasteiger partial charge >= 0.3 is 0 Å². The molecule has 2 aliphatic rings. The van der Waals surface area contributed by atoms with Crippen molar-refractivity contribution in [1.82, 2.24) is 9.80 Å². The van der Waals surface area contributed by atoms with Crippen molar-refractivity contribution in [3.05, 3.63) is 35.1 Å². The second-order valence-corrected chi connectivity index (χ2v) is 6.13. The first-order valence-corrected chi connectivity index (χ1v) is 7.55. The molecule has 2 aliphatic heterocycles. The van der Waals surface area contributed by atoms with Crippen LogP contribution in [0.2, 0.25) is 0 Å². The molecular weight excluding hydrogens is 289 g/mol.